The summed E-state index contributed by atoms with van der Waals surface area (Å²) in [6.07, 6.45) is 0.553. The molecule has 5 nitrogen and oxygen atoms in total. The molecule has 0 amide bonds. The second-order valence-corrected chi connectivity index (χ2v) is 6.76. The molecule has 6 heteroatoms. The number of hydrogen-bond acceptors (Lipinski definition) is 5. The number of thiophene rings is 1. The standard InChI is InChI=1S/C17H17NO4S/c1-11-10-13(12(2)23-11)16(19)21-9-5-8-18-14-6-3-4-7-15(14)22-17(18)20/h3-4,6-7,10H,5,8-9H2,1-2H3. The van der Waals surface area contributed by atoms with Crippen LogP contribution in [0.4, 0.5) is 0 Å². The number of ether oxygens (including phenoxy) is 1. The van der Waals surface area contributed by atoms with Gasteiger partial charge in [-0.2, -0.15) is 0 Å². The summed E-state index contributed by atoms with van der Waals surface area (Å²) in [5, 5.41) is 0. The number of aromatic nitrogens is 1. The van der Waals surface area contributed by atoms with Gasteiger partial charge >= 0.3 is 11.7 Å². The molecule has 3 aromatic rings. The summed E-state index contributed by atoms with van der Waals surface area (Å²) in [6.45, 7) is 4.58. The molecule has 0 atom stereocenters. The van der Waals surface area contributed by atoms with Crippen molar-refractivity contribution in [2.75, 3.05) is 6.61 Å². The molecule has 0 spiro atoms. The molecule has 3 rings (SSSR count). The number of esters is 1. The van der Waals surface area contributed by atoms with Crippen molar-refractivity contribution < 1.29 is 13.9 Å². The van der Waals surface area contributed by atoms with Crippen molar-refractivity contribution >= 4 is 28.4 Å². The van der Waals surface area contributed by atoms with E-state index in [-0.39, 0.29) is 18.3 Å². The molecule has 0 saturated heterocycles. The lowest BCUT2D eigenvalue weighted by atomic mass is 10.2. The van der Waals surface area contributed by atoms with E-state index in [4.69, 9.17) is 9.15 Å². The Labute approximate surface area is 137 Å². The fraction of sp³-hybridized carbons (Fsp3) is 0.294. The molecular formula is C17H17NO4S. The smallest absolute Gasteiger partial charge is 0.419 e. The molecule has 120 valence electrons. The van der Waals surface area contributed by atoms with Crippen molar-refractivity contribution in [2.24, 2.45) is 0 Å². The monoisotopic (exact) mass is 331 g/mol. The number of nitrogens with zero attached hydrogens (tertiary/aromatic N) is 1. The summed E-state index contributed by atoms with van der Waals surface area (Å²) < 4.78 is 12.0. The number of fused-ring (bicyclic) bond motifs is 1. The first-order valence-corrected chi connectivity index (χ1v) is 8.20. The van der Waals surface area contributed by atoms with Crippen molar-refractivity contribution in [3.8, 4) is 0 Å². The van der Waals surface area contributed by atoms with Crippen LogP contribution in [0.15, 0.2) is 39.5 Å². The first-order chi connectivity index (χ1) is 11.1. The molecular weight excluding hydrogens is 314 g/mol. The van der Waals surface area contributed by atoms with E-state index in [0.717, 1.165) is 15.3 Å². The Morgan fingerprint density at radius 2 is 2.09 bits per heavy atom. The second-order valence-electron chi connectivity index (χ2n) is 5.30. The number of para-hydroxylation sites is 2. The van der Waals surface area contributed by atoms with Gasteiger partial charge in [0.05, 0.1) is 17.7 Å². The van der Waals surface area contributed by atoms with Crippen molar-refractivity contribution in [1.82, 2.24) is 4.57 Å². The van der Waals surface area contributed by atoms with Gasteiger partial charge in [-0.1, -0.05) is 12.1 Å². The van der Waals surface area contributed by atoms with Gasteiger partial charge in [0.25, 0.3) is 0 Å². The fourth-order valence-corrected chi connectivity index (χ4v) is 3.44. The van der Waals surface area contributed by atoms with E-state index in [1.165, 1.54) is 0 Å². The predicted molar refractivity (Wildman–Crippen MR) is 89.2 cm³/mol. The van der Waals surface area contributed by atoms with Crippen LogP contribution in [0.1, 0.15) is 26.5 Å². The average molecular weight is 331 g/mol. The van der Waals surface area contributed by atoms with Crippen LogP contribution in [-0.2, 0) is 11.3 Å². The van der Waals surface area contributed by atoms with Gasteiger partial charge in [-0.15, -0.1) is 11.3 Å². The van der Waals surface area contributed by atoms with E-state index >= 15 is 0 Å². The van der Waals surface area contributed by atoms with Crippen LogP contribution in [0.3, 0.4) is 0 Å². The maximum Gasteiger partial charge on any atom is 0.419 e. The lowest BCUT2D eigenvalue weighted by Crippen LogP contribution is -2.16. The van der Waals surface area contributed by atoms with Crippen LogP contribution in [-0.4, -0.2) is 17.1 Å². The zero-order valence-corrected chi connectivity index (χ0v) is 13.8. The maximum atomic E-state index is 12.0. The van der Waals surface area contributed by atoms with Crippen LogP contribution in [0, 0.1) is 13.8 Å². The molecule has 0 aliphatic carbocycles. The lowest BCUT2D eigenvalue weighted by molar-refractivity contribution is 0.0495. The highest BCUT2D eigenvalue weighted by atomic mass is 32.1. The van der Waals surface area contributed by atoms with Crippen molar-refractivity contribution in [3.05, 3.63) is 56.2 Å². The quantitative estimate of drug-likeness (QED) is 0.530. The second kappa shape index (κ2) is 6.42. The molecule has 0 fully saturated rings. The number of rotatable bonds is 5. The molecule has 0 aliphatic rings. The minimum atomic E-state index is -0.387. The summed E-state index contributed by atoms with van der Waals surface area (Å²) in [5.74, 6) is -0.696. The molecule has 0 unspecified atom stereocenters. The minimum Gasteiger partial charge on any atom is -0.462 e. The highest BCUT2D eigenvalue weighted by Crippen LogP contribution is 2.21. The Balaban J connectivity index is 1.59. The summed E-state index contributed by atoms with van der Waals surface area (Å²) in [5.41, 5.74) is 1.95. The van der Waals surface area contributed by atoms with E-state index in [2.05, 4.69) is 0 Å². The molecule has 1 aromatic carbocycles. The minimum absolute atomic E-state index is 0.263. The molecule has 2 aromatic heterocycles. The maximum absolute atomic E-state index is 12.0. The van der Waals surface area contributed by atoms with Gasteiger partial charge in [-0.3, -0.25) is 4.57 Å². The Bertz CT molecular complexity index is 903. The van der Waals surface area contributed by atoms with Crippen LogP contribution < -0.4 is 5.76 Å². The fourth-order valence-electron chi connectivity index (χ4n) is 2.52. The molecule has 0 saturated carbocycles. The van der Waals surface area contributed by atoms with Gasteiger partial charge < -0.3 is 9.15 Å². The van der Waals surface area contributed by atoms with Crippen LogP contribution in [0.2, 0.25) is 0 Å². The zero-order chi connectivity index (χ0) is 16.4. The molecule has 2 heterocycles. The number of aryl methyl sites for hydroxylation is 3. The van der Waals surface area contributed by atoms with Crippen molar-refractivity contribution in [3.63, 3.8) is 0 Å². The first-order valence-electron chi connectivity index (χ1n) is 7.39. The summed E-state index contributed by atoms with van der Waals surface area (Å²) in [6, 6.07) is 9.12. The summed E-state index contributed by atoms with van der Waals surface area (Å²) >= 11 is 1.58. The van der Waals surface area contributed by atoms with Crippen molar-refractivity contribution in [2.45, 2.75) is 26.8 Å². The van der Waals surface area contributed by atoms with Crippen LogP contribution in [0.5, 0.6) is 0 Å². The van der Waals surface area contributed by atoms with Gasteiger partial charge in [-0.25, -0.2) is 9.59 Å². The van der Waals surface area contributed by atoms with Crippen LogP contribution in [0.25, 0.3) is 11.1 Å². The van der Waals surface area contributed by atoms with Crippen LogP contribution >= 0.6 is 11.3 Å². The predicted octanol–water partition coefficient (Wildman–Crippen LogP) is 3.52. The average Bonchev–Trinajstić information content (AvgIpc) is 3.02. The van der Waals surface area contributed by atoms with Gasteiger partial charge in [0.2, 0.25) is 0 Å². The highest BCUT2D eigenvalue weighted by molar-refractivity contribution is 7.12. The molecule has 0 radical (unpaired) electrons. The summed E-state index contributed by atoms with van der Waals surface area (Å²) in [7, 11) is 0. The normalized spacial score (nSPS) is 11.0. The van der Waals surface area contributed by atoms with E-state index < -0.39 is 0 Å². The number of benzene rings is 1. The van der Waals surface area contributed by atoms with E-state index in [1.807, 2.05) is 38.1 Å². The SMILES string of the molecule is Cc1cc(C(=O)OCCCn2c(=O)oc3ccccc32)c(C)s1. The molecule has 23 heavy (non-hydrogen) atoms. The van der Waals surface area contributed by atoms with Gasteiger partial charge in [-0.05, 0) is 38.5 Å². The molecule has 0 N–H and O–H groups in total. The highest BCUT2D eigenvalue weighted by Gasteiger charge is 2.13. The van der Waals surface area contributed by atoms with E-state index in [9.17, 15) is 9.59 Å². The topological polar surface area (TPSA) is 61.4 Å². The van der Waals surface area contributed by atoms with E-state index in [1.54, 1.807) is 22.0 Å². The Hall–Kier alpha value is -2.34. The number of hydrogen-bond donors (Lipinski definition) is 0. The molecule has 0 aliphatic heterocycles. The van der Waals surface area contributed by atoms with Crippen molar-refractivity contribution in [1.29, 1.82) is 0 Å². The van der Waals surface area contributed by atoms with Gasteiger partial charge in [0.15, 0.2) is 5.58 Å². The number of carbonyl (C=O) groups excluding carboxylic acids is 1. The molecule has 0 bridgehead atoms. The Morgan fingerprint density at radius 1 is 1.30 bits per heavy atom. The largest absolute Gasteiger partial charge is 0.462 e. The Kier molecular flexibility index (Phi) is 4.34. The van der Waals surface area contributed by atoms with Gasteiger partial charge in [0, 0.05) is 16.3 Å². The number of carbonyl (C=O) groups is 1. The third kappa shape index (κ3) is 3.22. The third-order valence-corrected chi connectivity index (χ3v) is 4.56. The zero-order valence-electron chi connectivity index (χ0n) is 13.0. The number of oxazole rings is 1. The van der Waals surface area contributed by atoms with Gasteiger partial charge in [0.1, 0.15) is 0 Å². The lowest BCUT2D eigenvalue weighted by Gasteiger charge is -2.05. The summed E-state index contributed by atoms with van der Waals surface area (Å²) in [4.78, 5) is 25.9. The first kappa shape index (κ1) is 15.6. The third-order valence-electron chi connectivity index (χ3n) is 3.59. The van der Waals surface area contributed by atoms with E-state index in [0.29, 0.717) is 24.1 Å². The Morgan fingerprint density at radius 3 is 2.83 bits per heavy atom.